The van der Waals surface area contributed by atoms with E-state index in [1.807, 2.05) is 0 Å². The largest absolute Gasteiger partial charge is 0.508 e. The van der Waals surface area contributed by atoms with E-state index >= 15 is 0 Å². The Morgan fingerprint density at radius 2 is 1.64 bits per heavy atom. The van der Waals surface area contributed by atoms with Gasteiger partial charge >= 0.3 is 11.9 Å². The van der Waals surface area contributed by atoms with Gasteiger partial charge in [0, 0.05) is 0 Å². The van der Waals surface area contributed by atoms with Crippen molar-refractivity contribution in [2.24, 2.45) is 11.5 Å². The van der Waals surface area contributed by atoms with E-state index in [4.69, 9.17) is 26.8 Å². The summed E-state index contributed by atoms with van der Waals surface area (Å²) in [6.45, 7) is 2.21. The average molecular weight is 312 g/mol. The zero-order valence-corrected chi connectivity index (χ0v) is 12.6. The van der Waals surface area contributed by atoms with E-state index < -0.39 is 23.9 Å². The molecule has 0 saturated heterocycles. The number of unbranched alkanes of at least 4 members (excludes halogenated alkanes) is 1. The van der Waals surface area contributed by atoms with E-state index in [-0.39, 0.29) is 5.75 Å². The normalized spacial score (nSPS) is 12.7. The molecule has 1 aromatic carbocycles. The molecule has 0 fully saturated rings. The van der Waals surface area contributed by atoms with Gasteiger partial charge in [-0.25, -0.2) is 0 Å². The SMILES string of the molecule is CC(C(=O)O)c1ccc(O)cc1.NCCCCC(N)C(=O)O. The van der Waals surface area contributed by atoms with Crippen LogP contribution in [-0.2, 0) is 9.59 Å². The molecule has 0 heterocycles. The van der Waals surface area contributed by atoms with Gasteiger partial charge < -0.3 is 26.8 Å². The Labute approximate surface area is 129 Å². The maximum absolute atomic E-state index is 10.5. The van der Waals surface area contributed by atoms with Crippen LogP contribution in [0.5, 0.6) is 5.75 Å². The number of hydrogen-bond acceptors (Lipinski definition) is 5. The highest BCUT2D eigenvalue weighted by molar-refractivity contribution is 5.75. The van der Waals surface area contributed by atoms with Gasteiger partial charge in [0.2, 0.25) is 0 Å². The first-order valence-electron chi connectivity index (χ1n) is 6.99. The van der Waals surface area contributed by atoms with Gasteiger partial charge in [-0.3, -0.25) is 9.59 Å². The van der Waals surface area contributed by atoms with Crippen molar-refractivity contribution in [3.05, 3.63) is 29.8 Å². The van der Waals surface area contributed by atoms with Crippen molar-refractivity contribution in [2.45, 2.75) is 38.1 Å². The smallest absolute Gasteiger partial charge is 0.320 e. The zero-order valence-electron chi connectivity index (χ0n) is 12.6. The van der Waals surface area contributed by atoms with Crippen molar-refractivity contribution in [3.8, 4) is 5.75 Å². The number of aromatic hydroxyl groups is 1. The van der Waals surface area contributed by atoms with E-state index in [1.165, 1.54) is 12.1 Å². The first kappa shape index (κ1) is 19.9. The van der Waals surface area contributed by atoms with Crippen LogP contribution in [0.4, 0.5) is 0 Å². The minimum absolute atomic E-state index is 0.149. The van der Waals surface area contributed by atoms with Crippen molar-refractivity contribution in [3.63, 3.8) is 0 Å². The average Bonchev–Trinajstić information content (AvgIpc) is 2.48. The Morgan fingerprint density at radius 3 is 2.05 bits per heavy atom. The number of carboxylic acids is 2. The van der Waals surface area contributed by atoms with Crippen molar-refractivity contribution in [1.82, 2.24) is 0 Å². The molecule has 0 aliphatic heterocycles. The zero-order chi connectivity index (χ0) is 17.1. The Kier molecular flexibility index (Phi) is 9.56. The summed E-state index contributed by atoms with van der Waals surface area (Å²) in [7, 11) is 0. The third-order valence-electron chi connectivity index (χ3n) is 3.05. The molecule has 2 unspecified atom stereocenters. The lowest BCUT2D eigenvalue weighted by molar-refractivity contribution is -0.139. The molecule has 1 aromatic rings. The van der Waals surface area contributed by atoms with Crippen LogP contribution in [0.25, 0.3) is 0 Å². The molecular formula is C15H24N2O5. The molecule has 0 bridgehead atoms. The Hall–Kier alpha value is -2.12. The van der Waals surface area contributed by atoms with Gasteiger partial charge in [0.05, 0.1) is 5.92 Å². The summed E-state index contributed by atoms with van der Waals surface area (Å²) in [6, 6.07) is 5.46. The van der Waals surface area contributed by atoms with Crippen LogP contribution in [0.2, 0.25) is 0 Å². The van der Waals surface area contributed by atoms with Crippen molar-refractivity contribution in [1.29, 1.82) is 0 Å². The van der Waals surface area contributed by atoms with E-state index in [2.05, 4.69) is 0 Å². The van der Waals surface area contributed by atoms with Gasteiger partial charge in [-0.1, -0.05) is 18.6 Å². The Balaban J connectivity index is 0.000000409. The fourth-order valence-corrected chi connectivity index (χ4v) is 1.54. The Morgan fingerprint density at radius 1 is 1.09 bits per heavy atom. The fraction of sp³-hybridized carbons (Fsp3) is 0.467. The number of hydrogen-bond donors (Lipinski definition) is 5. The summed E-state index contributed by atoms with van der Waals surface area (Å²) < 4.78 is 0. The lowest BCUT2D eigenvalue weighted by Gasteiger charge is -2.05. The van der Waals surface area contributed by atoms with Gasteiger partial charge in [0.15, 0.2) is 0 Å². The number of phenolic OH excluding ortho intramolecular Hbond substituents is 1. The third-order valence-corrected chi connectivity index (χ3v) is 3.05. The molecule has 1 rings (SSSR count). The molecule has 0 aromatic heterocycles. The van der Waals surface area contributed by atoms with Crippen LogP contribution in [-0.4, -0.2) is 39.8 Å². The second-order valence-electron chi connectivity index (χ2n) is 4.88. The quantitative estimate of drug-likeness (QED) is 0.474. The molecule has 7 N–H and O–H groups in total. The molecule has 7 heteroatoms. The molecule has 0 aliphatic rings. The number of benzene rings is 1. The van der Waals surface area contributed by atoms with Crippen LogP contribution >= 0.6 is 0 Å². The number of aliphatic carboxylic acids is 2. The lowest BCUT2D eigenvalue weighted by Crippen LogP contribution is -2.29. The number of rotatable bonds is 7. The maximum atomic E-state index is 10.5. The maximum Gasteiger partial charge on any atom is 0.320 e. The van der Waals surface area contributed by atoms with E-state index in [0.29, 0.717) is 18.5 Å². The summed E-state index contributed by atoms with van der Waals surface area (Å²) >= 11 is 0. The number of carbonyl (C=O) groups is 2. The van der Waals surface area contributed by atoms with Gasteiger partial charge in [-0.2, -0.15) is 0 Å². The molecule has 0 aliphatic carbocycles. The molecule has 7 nitrogen and oxygen atoms in total. The number of phenols is 1. The molecule has 124 valence electrons. The fourth-order valence-electron chi connectivity index (χ4n) is 1.54. The van der Waals surface area contributed by atoms with Crippen LogP contribution in [0.1, 0.15) is 37.7 Å². The van der Waals surface area contributed by atoms with Crippen molar-refractivity contribution in [2.75, 3.05) is 6.54 Å². The topological polar surface area (TPSA) is 147 Å². The van der Waals surface area contributed by atoms with Crippen LogP contribution in [0.3, 0.4) is 0 Å². The molecule has 0 spiro atoms. The van der Waals surface area contributed by atoms with Gasteiger partial charge in [0.1, 0.15) is 11.8 Å². The molecule has 0 radical (unpaired) electrons. The summed E-state index contributed by atoms with van der Waals surface area (Å²) in [4.78, 5) is 20.7. The lowest BCUT2D eigenvalue weighted by atomic mass is 10.0. The summed E-state index contributed by atoms with van der Waals surface area (Å²) in [5.74, 6) is -2.17. The van der Waals surface area contributed by atoms with Crippen LogP contribution < -0.4 is 11.5 Å². The standard InChI is InChI=1S/C9H10O3.C6H14N2O2/c1-6(9(11)12)7-2-4-8(10)5-3-7;7-4-2-1-3-5(8)6(9)10/h2-6,10H,1H3,(H,11,12);5H,1-4,7-8H2,(H,9,10). The minimum atomic E-state index is -0.933. The van der Waals surface area contributed by atoms with Gasteiger partial charge in [-0.05, 0) is 44.0 Å². The molecule has 0 amide bonds. The highest BCUT2D eigenvalue weighted by Crippen LogP contribution is 2.18. The first-order valence-corrected chi connectivity index (χ1v) is 6.99. The molecular weight excluding hydrogens is 288 g/mol. The van der Waals surface area contributed by atoms with E-state index in [9.17, 15) is 9.59 Å². The minimum Gasteiger partial charge on any atom is -0.508 e. The molecule has 2 atom stereocenters. The monoisotopic (exact) mass is 312 g/mol. The van der Waals surface area contributed by atoms with E-state index in [1.54, 1.807) is 19.1 Å². The van der Waals surface area contributed by atoms with E-state index in [0.717, 1.165) is 12.8 Å². The van der Waals surface area contributed by atoms with Crippen LogP contribution in [0.15, 0.2) is 24.3 Å². The predicted octanol–water partition coefficient (Wildman–Crippen LogP) is 1.11. The predicted molar refractivity (Wildman–Crippen MR) is 82.7 cm³/mol. The number of nitrogens with two attached hydrogens (primary N) is 2. The second-order valence-corrected chi connectivity index (χ2v) is 4.88. The highest BCUT2D eigenvalue weighted by Gasteiger charge is 2.12. The molecule has 0 saturated carbocycles. The van der Waals surface area contributed by atoms with Gasteiger partial charge in [-0.15, -0.1) is 0 Å². The van der Waals surface area contributed by atoms with Gasteiger partial charge in [0.25, 0.3) is 0 Å². The summed E-state index contributed by atoms with van der Waals surface area (Å²) in [5.41, 5.74) is 11.1. The van der Waals surface area contributed by atoms with Crippen molar-refractivity contribution >= 4 is 11.9 Å². The summed E-state index contributed by atoms with van der Waals surface area (Å²) in [5, 5.41) is 25.9. The summed E-state index contributed by atoms with van der Waals surface area (Å²) in [6.07, 6.45) is 2.16. The highest BCUT2D eigenvalue weighted by atomic mass is 16.4. The second kappa shape index (κ2) is 10.6. The number of carboxylic acid groups (broad SMARTS) is 2. The molecule has 22 heavy (non-hydrogen) atoms. The third kappa shape index (κ3) is 8.23. The Bertz CT molecular complexity index is 462. The van der Waals surface area contributed by atoms with Crippen molar-refractivity contribution < 1.29 is 24.9 Å². The van der Waals surface area contributed by atoms with Crippen LogP contribution in [0, 0.1) is 0 Å². The first-order chi connectivity index (χ1) is 10.3.